The van der Waals surface area contributed by atoms with Crippen molar-refractivity contribution in [1.82, 2.24) is 19.1 Å². The monoisotopic (exact) mass is 546 g/mol. The van der Waals surface area contributed by atoms with Crippen molar-refractivity contribution in [3.8, 4) is 22.8 Å². The number of fused-ring (bicyclic) bond motifs is 2. The Balaban J connectivity index is 1.32. The van der Waals surface area contributed by atoms with E-state index in [1.54, 1.807) is 19.1 Å². The van der Waals surface area contributed by atoms with Gasteiger partial charge in [-0.05, 0) is 49.2 Å². The first-order chi connectivity index (χ1) is 19.7. The van der Waals surface area contributed by atoms with Crippen LogP contribution in [0.5, 0.6) is 11.6 Å². The third kappa shape index (κ3) is 4.57. The molecule has 0 fully saturated rings. The number of benzene rings is 3. The summed E-state index contributed by atoms with van der Waals surface area (Å²) in [7, 11) is 3.71. The fourth-order valence-corrected chi connectivity index (χ4v) is 5.31. The van der Waals surface area contributed by atoms with Crippen LogP contribution in [-0.4, -0.2) is 24.9 Å². The highest BCUT2D eigenvalue weighted by Gasteiger charge is 2.21. The molecule has 0 N–H and O–H groups in total. The lowest BCUT2D eigenvalue weighted by molar-refractivity contribution is 0.0990. The first kappa shape index (κ1) is 26.1. The Labute approximate surface area is 235 Å². The lowest BCUT2D eigenvalue weighted by atomic mass is 9.98. The van der Waals surface area contributed by atoms with Gasteiger partial charge in [0, 0.05) is 43.4 Å². The molecule has 0 aliphatic carbocycles. The van der Waals surface area contributed by atoms with E-state index in [0.717, 1.165) is 22.2 Å². The Kier molecular flexibility index (Phi) is 6.46. The first-order valence-electron chi connectivity index (χ1n) is 13.2. The minimum absolute atomic E-state index is 0.0302. The maximum atomic E-state index is 15.3. The van der Waals surface area contributed by atoms with E-state index in [1.165, 1.54) is 18.5 Å². The number of rotatable bonds is 6. The van der Waals surface area contributed by atoms with Crippen LogP contribution in [0, 0.1) is 19.7 Å². The van der Waals surface area contributed by atoms with Crippen molar-refractivity contribution in [2.24, 2.45) is 14.1 Å². The summed E-state index contributed by atoms with van der Waals surface area (Å²) in [4.78, 5) is 35.4. The minimum atomic E-state index is -0.641. The van der Waals surface area contributed by atoms with Gasteiger partial charge >= 0.3 is 0 Å². The predicted octanol–water partition coefficient (Wildman–Crippen LogP) is 6.46. The molecule has 0 aliphatic heterocycles. The standard InChI is InChI=1S/C33H27FN4O3/c1-19-10-12-26-23(14-19)31(40)29(20(2)38(26)4)27(39)16-21-11-13-28(25(34)15-21)41-33-30-24(22-8-6-5-7-9-22)17-37(3)32(30)35-18-36-33/h5-15,17-18H,16H2,1-4H3. The van der Waals surface area contributed by atoms with Crippen molar-refractivity contribution in [1.29, 1.82) is 0 Å². The molecule has 0 atom stereocenters. The van der Waals surface area contributed by atoms with Gasteiger partial charge in [-0.25, -0.2) is 14.4 Å². The Hall–Kier alpha value is -5.11. The average Bonchev–Trinajstić information content (AvgIpc) is 3.31. The van der Waals surface area contributed by atoms with Crippen molar-refractivity contribution in [3.63, 3.8) is 0 Å². The maximum Gasteiger partial charge on any atom is 0.232 e. The van der Waals surface area contributed by atoms with Gasteiger partial charge in [-0.2, -0.15) is 0 Å². The van der Waals surface area contributed by atoms with Gasteiger partial charge in [0.1, 0.15) is 12.0 Å². The summed E-state index contributed by atoms with van der Waals surface area (Å²) in [5.74, 6) is -0.813. The van der Waals surface area contributed by atoms with Gasteiger partial charge in [0.15, 0.2) is 22.8 Å². The zero-order valence-corrected chi connectivity index (χ0v) is 23.1. The number of aryl methyl sites for hydroxylation is 3. The number of ether oxygens (including phenoxy) is 1. The molecule has 0 saturated heterocycles. The highest BCUT2D eigenvalue weighted by Crippen LogP contribution is 2.37. The number of hydrogen-bond donors (Lipinski definition) is 0. The molecule has 3 heterocycles. The summed E-state index contributed by atoms with van der Waals surface area (Å²) in [6.45, 7) is 3.65. The van der Waals surface area contributed by atoms with E-state index >= 15 is 4.39 Å². The topological polar surface area (TPSA) is 79.0 Å². The lowest BCUT2D eigenvalue weighted by Gasteiger charge is -2.14. The number of hydrogen-bond acceptors (Lipinski definition) is 5. The van der Waals surface area contributed by atoms with E-state index in [1.807, 2.05) is 78.8 Å². The summed E-state index contributed by atoms with van der Waals surface area (Å²) in [5.41, 5.74) is 4.98. The molecule has 0 aliphatic rings. The van der Waals surface area contributed by atoms with Crippen molar-refractivity contribution in [2.45, 2.75) is 20.3 Å². The van der Waals surface area contributed by atoms with Crippen molar-refractivity contribution >= 4 is 27.7 Å². The SMILES string of the molecule is Cc1ccc2c(c1)c(=O)c(C(=O)Cc1ccc(Oc3ncnc4c3c(-c3ccccc3)cn4C)c(F)c1)c(C)n2C. The largest absolute Gasteiger partial charge is 0.435 e. The molecule has 0 saturated carbocycles. The van der Waals surface area contributed by atoms with Crippen LogP contribution in [-0.2, 0) is 20.5 Å². The minimum Gasteiger partial charge on any atom is -0.435 e. The molecule has 0 radical (unpaired) electrons. The molecule has 0 spiro atoms. The van der Waals surface area contributed by atoms with E-state index < -0.39 is 5.82 Å². The Morgan fingerprint density at radius 2 is 1.76 bits per heavy atom. The molecular weight excluding hydrogens is 519 g/mol. The Morgan fingerprint density at radius 1 is 0.976 bits per heavy atom. The smallest absolute Gasteiger partial charge is 0.232 e. The van der Waals surface area contributed by atoms with Gasteiger partial charge in [0.25, 0.3) is 0 Å². The van der Waals surface area contributed by atoms with Crippen LogP contribution in [0.2, 0.25) is 0 Å². The van der Waals surface area contributed by atoms with Crippen LogP contribution in [0.15, 0.2) is 84.0 Å². The van der Waals surface area contributed by atoms with Crippen molar-refractivity contribution in [2.75, 3.05) is 0 Å². The number of nitrogens with zero attached hydrogens (tertiary/aromatic N) is 4. The van der Waals surface area contributed by atoms with E-state index in [2.05, 4.69) is 9.97 Å². The Morgan fingerprint density at radius 3 is 2.51 bits per heavy atom. The number of carbonyl (C=O) groups excluding carboxylic acids is 1. The number of pyridine rings is 1. The van der Waals surface area contributed by atoms with Gasteiger partial charge < -0.3 is 13.9 Å². The van der Waals surface area contributed by atoms with Gasteiger partial charge in [-0.1, -0.05) is 48.0 Å². The average molecular weight is 547 g/mol. The molecule has 6 rings (SSSR count). The van der Waals surface area contributed by atoms with Gasteiger partial charge in [-0.3, -0.25) is 9.59 Å². The zero-order chi connectivity index (χ0) is 28.8. The molecule has 7 nitrogen and oxygen atoms in total. The summed E-state index contributed by atoms with van der Waals surface area (Å²) in [6.07, 6.45) is 3.19. The van der Waals surface area contributed by atoms with E-state index in [4.69, 9.17) is 4.74 Å². The fourth-order valence-electron chi connectivity index (χ4n) is 5.31. The Bertz CT molecular complexity index is 2040. The van der Waals surface area contributed by atoms with Crippen LogP contribution < -0.4 is 10.2 Å². The van der Waals surface area contributed by atoms with Crippen molar-refractivity contribution < 1.29 is 13.9 Å². The van der Waals surface area contributed by atoms with Gasteiger partial charge in [0.2, 0.25) is 5.88 Å². The van der Waals surface area contributed by atoms with E-state index in [9.17, 15) is 9.59 Å². The fraction of sp³-hybridized carbons (Fsp3) is 0.152. The summed E-state index contributed by atoms with van der Waals surface area (Å²) < 4.78 is 25.0. The third-order valence-corrected chi connectivity index (χ3v) is 7.50. The number of halogens is 1. The van der Waals surface area contributed by atoms with Gasteiger partial charge in [-0.15, -0.1) is 0 Å². The first-order valence-corrected chi connectivity index (χ1v) is 13.2. The predicted molar refractivity (Wildman–Crippen MR) is 157 cm³/mol. The molecule has 3 aromatic carbocycles. The maximum absolute atomic E-state index is 15.3. The molecule has 0 unspecified atom stereocenters. The number of Topliss-reactive ketones (excluding diaryl/α,β-unsaturated/α-hetero) is 1. The normalized spacial score (nSPS) is 11.3. The number of aromatic nitrogens is 4. The van der Waals surface area contributed by atoms with E-state index in [0.29, 0.717) is 27.7 Å². The molecule has 8 heteroatoms. The van der Waals surface area contributed by atoms with Crippen LogP contribution in [0.1, 0.15) is 27.2 Å². The summed E-state index contributed by atoms with van der Waals surface area (Å²) >= 11 is 0. The second-order valence-corrected chi connectivity index (χ2v) is 10.2. The molecule has 0 bridgehead atoms. The quantitative estimate of drug-likeness (QED) is 0.224. The van der Waals surface area contributed by atoms with Gasteiger partial charge in [0.05, 0.1) is 16.5 Å². The summed E-state index contributed by atoms with van der Waals surface area (Å²) in [5, 5.41) is 1.15. The zero-order valence-electron chi connectivity index (χ0n) is 23.1. The van der Waals surface area contributed by atoms with Crippen LogP contribution in [0.25, 0.3) is 33.1 Å². The molecule has 0 amide bonds. The summed E-state index contributed by atoms with van der Waals surface area (Å²) in [6, 6.07) is 19.7. The van der Waals surface area contributed by atoms with Crippen molar-refractivity contribution in [3.05, 3.63) is 118 Å². The molecule has 3 aromatic heterocycles. The van der Waals surface area contributed by atoms with Crippen LogP contribution in [0.4, 0.5) is 4.39 Å². The van der Waals surface area contributed by atoms with Crippen LogP contribution in [0.3, 0.4) is 0 Å². The lowest BCUT2D eigenvalue weighted by Crippen LogP contribution is -2.23. The number of carbonyl (C=O) groups is 1. The van der Waals surface area contributed by atoms with E-state index in [-0.39, 0.29) is 34.8 Å². The highest BCUT2D eigenvalue weighted by atomic mass is 19.1. The molecule has 204 valence electrons. The number of ketones is 1. The second kappa shape index (κ2) is 10.1. The second-order valence-electron chi connectivity index (χ2n) is 10.2. The molecule has 6 aromatic rings. The van der Waals surface area contributed by atoms with Crippen LogP contribution >= 0.6 is 0 Å². The molecular formula is C33H27FN4O3. The third-order valence-electron chi connectivity index (χ3n) is 7.50. The highest BCUT2D eigenvalue weighted by molar-refractivity contribution is 6.01. The molecule has 41 heavy (non-hydrogen) atoms.